The Kier molecular flexibility index (Phi) is 1.40. The van der Waals surface area contributed by atoms with Crippen LogP contribution in [-0.4, -0.2) is 0 Å². The molecule has 0 saturated carbocycles. The summed E-state index contributed by atoms with van der Waals surface area (Å²) in [6.07, 6.45) is 3.67. The van der Waals surface area contributed by atoms with Gasteiger partial charge in [-0.25, -0.2) is 0 Å². The van der Waals surface area contributed by atoms with Crippen molar-refractivity contribution < 1.29 is 4.18 Å². The zero-order valence-corrected chi connectivity index (χ0v) is 6.10. The third-order valence-corrected chi connectivity index (χ3v) is 2.12. The molecule has 0 atom stereocenters. The van der Waals surface area contributed by atoms with Gasteiger partial charge in [0, 0.05) is 0 Å². The van der Waals surface area contributed by atoms with Crippen molar-refractivity contribution >= 4 is 18.1 Å². The molecule has 1 heterocycles. The van der Waals surface area contributed by atoms with Crippen LogP contribution in [0.4, 0.5) is 0 Å². The van der Waals surface area contributed by atoms with E-state index in [1.807, 2.05) is 24.3 Å². The molecule has 0 unspecified atom stereocenters. The maximum Gasteiger partial charge on any atom is 0.102 e. The molecular formula is C8H6OS. The first-order valence-electron chi connectivity index (χ1n) is 3.06. The van der Waals surface area contributed by atoms with Gasteiger partial charge in [-0.1, -0.05) is 18.2 Å². The van der Waals surface area contributed by atoms with E-state index in [2.05, 4.69) is 6.07 Å². The molecule has 1 nitrogen and oxygen atoms in total. The van der Waals surface area contributed by atoms with Crippen LogP contribution in [0.1, 0.15) is 5.56 Å². The fraction of sp³-hybridized carbons (Fsp3) is 0. The van der Waals surface area contributed by atoms with Gasteiger partial charge in [0.05, 0.1) is 16.9 Å². The molecule has 2 rings (SSSR count). The largest absolute Gasteiger partial charge is 0.428 e. The maximum atomic E-state index is 5.03. The van der Waals surface area contributed by atoms with E-state index in [1.165, 1.54) is 22.5 Å². The van der Waals surface area contributed by atoms with Crippen molar-refractivity contribution in [1.29, 1.82) is 0 Å². The molecule has 1 aliphatic rings. The first kappa shape index (κ1) is 5.86. The Bertz CT molecular complexity index is 268. The van der Waals surface area contributed by atoms with Gasteiger partial charge in [-0.15, -0.1) is 0 Å². The quantitative estimate of drug-likeness (QED) is 0.526. The molecular weight excluding hydrogens is 144 g/mol. The van der Waals surface area contributed by atoms with E-state index >= 15 is 0 Å². The molecule has 10 heavy (non-hydrogen) atoms. The molecule has 0 amide bonds. The highest BCUT2D eigenvalue weighted by atomic mass is 32.2. The number of hydrogen-bond acceptors (Lipinski definition) is 2. The summed E-state index contributed by atoms with van der Waals surface area (Å²) in [5, 5.41) is 0. The van der Waals surface area contributed by atoms with Crippen LogP contribution in [0.5, 0.6) is 0 Å². The molecule has 0 bridgehead atoms. The lowest BCUT2D eigenvalue weighted by Crippen LogP contribution is -1.83. The summed E-state index contributed by atoms with van der Waals surface area (Å²) in [6, 6.07) is 8.15. The lowest BCUT2D eigenvalue weighted by Gasteiger charge is -2.07. The first-order valence-corrected chi connectivity index (χ1v) is 3.80. The third-order valence-electron chi connectivity index (χ3n) is 1.36. The van der Waals surface area contributed by atoms with Crippen LogP contribution < -0.4 is 0 Å². The predicted octanol–water partition coefficient (Wildman–Crippen LogP) is 2.69. The van der Waals surface area contributed by atoms with Crippen molar-refractivity contribution in [3.8, 4) is 0 Å². The standard InChI is InChI=1S/C8H6OS/c1-2-4-8-7(3-1)5-6-9-10-8/h1-6H. The van der Waals surface area contributed by atoms with Gasteiger partial charge in [0.1, 0.15) is 6.26 Å². The molecule has 1 aliphatic heterocycles. The van der Waals surface area contributed by atoms with Crippen LogP contribution in [0.15, 0.2) is 35.4 Å². The van der Waals surface area contributed by atoms with E-state index in [9.17, 15) is 0 Å². The molecule has 2 heteroatoms. The van der Waals surface area contributed by atoms with Crippen molar-refractivity contribution in [3.63, 3.8) is 0 Å². The Morgan fingerprint density at radius 2 is 2.10 bits per heavy atom. The average molecular weight is 150 g/mol. The van der Waals surface area contributed by atoms with Crippen molar-refractivity contribution in [2.75, 3.05) is 0 Å². The van der Waals surface area contributed by atoms with Crippen molar-refractivity contribution in [2.45, 2.75) is 4.90 Å². The van der Waals surface area contributed by atoms with Gasteiger partial charge in [0.2, 0.25) is 0 Å². The highest BCUT2D eigenvalue weighted by Crippen LogP contribution is 2.28. The molecule has 1 aromatic rings. The van der Waals surface area contributed by atoms with E-state index in [-0.39, 0.29) is 0 Å². The SMILES string of the molecule is C1=Cc2ccccc2SO1. The lowest BCUT2D eigenvalue weighted by atomic mass is 10.2. The van der Waals surface area contributed by atoms with Crippen LogP contribution in [0.25, 0.3) is 6.08 Å². The van der Waals surface area contributed by atoms with Gasteiger partial charge in [-0.3, -0.25) is 0 Å². The van der Waals surface area contributed by atoms with Gasteiger partial charge in [-0.05, 0) is 17.7 Å². The van der Waals surface area contributed by atoms with E-state index in [0.717, 1.165) is 0 Å². The molecule has 50 valence electrons. The van der Waals surface area contributed by atoms with Crippen molar-refractivity contribution in [1.82, 2.24) is 0 Å². The summed E-state index contributed by atoms with van der Waals surface area (Å²) in [7, 11) is 0. The summed E-state index contributed by atoms with van der Waals surface area (Å²) in [5.74, 6) is 0. The van der Waals surface area contributed by atoms with Crippen LogP contribution in [0.2, 0.25) is 0 Å². The Labute approximate surface area is 63.9 Å². The fourth-order valence-electron chi connectivity index (χ4n) is 0.875. The Morgan fingerprint density at radius 1 is 1.20 bits per heavy atom. The summed E-state index contributed by atoms with van der Waals surface area (Å²) in [6.45, 7) is 0. The Hall–Kier alpha value is -0.890. The Balaban J connectivity index is 2.54. The highest BCUT2D eigenvalue weighted by molar-refractivity contribution is 7.94. The maximum absolute atomic E-state index is 5.03. The van der Waals surface area contributed by atoms with Gasteiger partial charge in [-0.2, -0.15) is 0 Å². The second-order valence-corrected chi connectivity index (χ2v) is 2.82. The third kappa shape index (κ3) is 0.907. The van der Waals surface area contributed by atoms with Crippen LogP contribution in [0.3, 0.4) is 0 Å². The van der Waals surface area contributed by atoms with Crippen LogP contribution >= 0.6 is 12.0 Å². The molecule has 1 aromatic carbocycles. The van der Waals surface area contributed by atoms with Crippen molar-refractivity contribution in [3.05, 3.63) is 36.1 Å². The second kappa shape index (κ2) is 2.39. The molecule has 0 fully saturated rings. The van der Waals surface area contributed by atoms with Gasteiger partial charge in [0.25, 0.3) is 0 Å². The minimum Gasteiger partial charge on any atom is -0.428 e. The highest BCUT2D eigenvalue weighted by Gasteiger charge is 2.02. The van der Waals surface area contributed by atoms with E-state index in [4.69, 9.17) is 4.18 Å². The Morgan fingerprint density at radius 3 is 3.00 bits per heavy atom. The van der Waals surface area contributed by atoms with E-state index in [1.54, 1.807) is 6.26 Å². The zero-order valence-electron chi connectivity index (χ0n) is 5.28. The molecule has 0 aromatic heterocycles. The minimum atomic E-state index is 1.19. The molecule has 0 spiro atoms. The number of hydrogen-bond donors (Lipinski definition) is 0. The zero-order chi connectivity index (χ0) is 6.81. The van der Waals surface area contributed by atoms with E-state index in [0.29, 0.717) is 0 Å². The average Bonchev–Trinajstić information content (AvgIpc) is 2.05. The monoisotopic (exact) mass is 150 g/mol. The predicted molar refractivity (Wildman–Crippen MR) is 42.4 cm³/mol. The summed E-state index contributed by atoms with van der Waals surface area (Å²) in [5.41, 5.74) is 1.23. The fourth-order valence-corrected chi connectivity index (χ4v) is 1.46. The summed E-state index contributed by atoms with van der Waals surface area (Å²) < 4.78 is 5.03. The van der Waals surface area contributed by atoms with Gasteiger partial charge >= 0.3 is 0 Å². The number of fused-ring (bicyclic) bond motifs is 1. The number of benzene rings is 1. The molecule has 0 radical (unpaired) electrons. The van der Waals surface area contributed by atoms with Gasteiger partial charge < -0.3 is 4.18 Å². The first-order chi connectivity index (χ1) is 4.97. The smallest absolute Gasteiger partial charge is 0.102 e. The summed E-state index contributed by atoms with van der Waals surface area (Å²) in [4.78, 5) is 1.19. The minimum absolute atomic E-state index is 1.19. The van der Waals surface area contributed by atoms with Gasteiger partial charge in [0.15, 0.2) is 0 Å². The number of rotatable bonds is 0. The molecule has 0 saturated heterocycles. The van der Waals surface area contributed by atoms with Crippen molar-refractivity contribution in [2.24, 2.45) is 0 Å². The van der Waals surface area contributed by atoms with E-state index < -0.39 is 0 Å². The topological polar surface area (TPSA) is 9.23 Å². The van der Waals surface area contributed by atoms with Crippen LogP contribution in [0, 0.1) is 0 Å². The normalized spacial score (nSPS) is 14.0. The molecule has 0 aliphatic carbocycles. The summed E-state index contributed by atoms with van der Waals surface area (Å²) >= 11 is 1.40. The van der Waals surface area contributed by atoms with Crippen LogP contribution in [-0.2, 0) is 4.18 Å². The molecule has 0 N–H and O–H groups in total. The second-order valence-electron chi connectivity index (χ2n) is 2.02. The lowest BCUT2D eigenvalue weighted by molar-refractivity contribution is 0.566.